The van der Waals surface area contributed by atoms with Gasteiger partial charge in [-0.1, -0.05) is 12.8 Å². The summed E-state index contributed by atoms with van der Waals surface area (Å²) in [6, 6.07) is 0. The van der Waals surface area contributed by atoms with E-state index in [0.29, 0.717) is 12.8 Å². The largest absolute Gasteiger partial charge is 0.394 e. The number of aliphatic hydroxyl groups excluding tert-OH is 1. The van der Waals surface area contributed by atoms with Crippen LogP contribution in [0.1, 0.15) is 25.7 Å². The van der Waals surface area contributed by atoms with Crippen LogP contribution in [0.4, 0.5) is 0 Å². The third-order valence-corrected chi connectivity index (χ3v) is 4.27. The summed E-state index contributed by atoms with van der Waals surface area (Å²) in [5.74, 6) is 0. The van der Waals surface area contributed by atoms with Crippen LogP contribution in [0.25, 0.3) is 0 Å². The highest BCUT2D eigenvalue weighted by molar-refractivity contribution is 7.90. The molecule has 4 nitrogen and oxygen atoms in total. The van der Waals surface area contributed by atoms with Crippen LogP contribution in [-0.4, -0.2) is 30.9 Å². The van der Waals surface area contributed by atoms with E-state index in [1.807, 2.05) is 0 Å². The van der Waals surface area contributed by atoms with Crippen LogP contribution >= 0.6 is 11.6 Å². The Balaban J connectivity index is 2.69. The van der Waals surface area contributed by atoms with E-state index < -0.39 is 20.8 Å². The van der Waals surface area contributed by atoms with Crippen LogP contribution in [0.2, 0.25) is 0 Å². The lowest BCUT2D eigenvalue weighted by Crippen LogP contribution is -2.49. The Morgan fingerprint density at radius 1 is 1.38 bits per heavy atom. The fraction of sp³-hybridized carbons (Fsp3) is 1.00. The summed E-state index contributed by atoms with van der Waals surface area (Å²) in [4.78, 5) is 0. The molecule has 0 heterocycles. The molecular formula is C7H14ClNO3S. The minimum Gasteiger partial charge on any atom is -0.394 e. The first kappa shape index (κ1) is 11.2. The lowest BCUT2D eigenvalue weighted by atomic mass is 10.0. The Hall–Kier alpha value is 0.160. The number of hydrogen-bond donors (Lipinski definition) is 2. The van der Waals surface area contributed by atoms with E-state index in [0.717, 1.165) is 12.8 Å². The molecule has 0 aromatic rings. The van der Waals surface area contributed by atoms with E-state index in [9.17, 15) is 8.42 Å². The Morgan fingerprint density at radius 3 is 2.31 bits per heavy atom. The van der Waals surface area contributed by atoms with Crippen molar-refractivity contribution in [1.82, 2.24) is 4.72 Å². The zero-order valence-electron chi connectivity index (χ0n) is 7.29. The molecule has 1 aliphatic carbocycles. The second-order valence-electron chi connectivity index (χ2n) is 3.47. The summed E-state index contributed by atoms with van der Waals surface area (Å²) in [5, 5.41) is 8.66. The number of hydrogen-bond acceptors (Lipinski definition) is 3. The molecule has 0 amide bonds. The van der Waals surface area contributed by atoms with Crippen molar-refractivity contribution in [3.63, 3.8) is 0 Å². The molecule has 0 saturated heterocycles. The maximum absolute atomic E-state index is 11.2. The molecule has 6 heteroatoms. The van der Waals surface area contributed by atoms with Gasteiger partial charge in [-0.25, -0.2) is 13.1 Å². The molecular weight excluding hydrogens is 214 g/mol. The molecule has 0 aromatic heterocycles. The average molecular weight is 228 g/mol. The van der Waals surface area contributed by atoms with E-state index in [1.54, 1.807) is 0 Å². The summed E-state index contributed by atoms with van der Waals surface area (Å²) in [6.07, 6.45) is 3.29. The van der Waals surface area contributed by atoms with Crippen LogP contribution in [0, 0.1) is 0 Å². The summed E-state index contributed by atoms with van der Waals surface area (Å²) >= 11 is 5.26. The molecule has 1 saturated carbocycles. The molecule has 2 N–H and O–H groups in total. The van der Waals surface area contributed by atoms with Gasteiger partial charge in [-0.3, -0.25) is 0 Å². The first-order chi connectivity index (χ1) is 6.04. The lowest BCUT2D eigenvalue weighted by Gasteiger charge is -2.26. The molecule has 0 spiro atoms. The number of nitrogens with one attached hydrogen (secondary N) is 1. The van der Waals surface area contributed by atoms with E-state index in [-0.39, 0.29) is 6.61 Å². The second-order valence-corrected chi connectivity index (χ2v) is 5.78. The average Bonchev–Trinajstić information content (AvgIpc) is 2.53. The van der Waals surface area contributed by atoms with Crippen LogP contribution in [0.5, 0.6) is 0 Å². The topological polar surface area (TPSA) is 66.4 Å². The van der Waals surface area contributed by atoms with Crippen molar-refractivity contribution >= 4 is 21.6 Å². The Kier molecular flexibility index (Phi) is 3.57. The van der Waals surface area contributed by atoms with Crippen molar-refractivity contribution in [3.8, 4) is 0 Å². The van der Waals surface area contributed by atoms with Gasteiger partial charge < -0.3 is 5.11 Å². The normalized spacial score (nSPS) is 22.0. The first-order valence-corrected chi connectivity index (χ1v) is 6.41. The fourth-order valence-corrected chi connectivity index (χ4v) is 2.85. The molecule has 1 aliphatic rings. The highest BCUT2D eigenvalue weighted by Crippen LogP contribution is 2.29. The zero-order valence-corrected chi connectivity index (χ0v) is 8.86. The van der Waals surface area contributed by atoms with Crippen LogP contribution < -0.4 is 4.72 Å². The van der Waals surface area contributed by atoms with Gasteiger partial charge in [0.15, 0.2) is 0 Å². The second kappa shape index (κ2) is 4.13. The molecule has 1 fully saturated rings. The van der Waals surface area contributed by atoms with Crippen molar-refractivity contribution in [2.24, 2.45) is 0 Å². The van der Waals surface area contributed by atoms with E-state index in [2.05, 4.69) is 4.72 Å². The van der Waals surface area contributed by atoms with Crippen LogP contribution in [0.3, 0.4) is 0 Å². The molecule has 78 valence electrons. The monoisotopic (exact) mass is 227 g/mol. The summed E-state index contributed by atoms with van der Waals surface area (Å²) in [5.41, 5.74) is -0.645. The van der Waals surface area contributed by atoms with Gasteiger partial charge in [0.25, 0.3) is 0 Å². The zero-order chi connectivity index (χ0) is 9.95. The van der Waals surface area contributed by atoms with Crippen molar-refractivity contribution in [2.45, 2.75) is 31.2 Å². The molecule has 0 bridgehead atoms. The Bertz CT molecular complexity index is 259. The number of aliphatic hydroxyl groups is 1. The molecule has 0 radical (unpaired) electrons. The van der Waals surface area contributed by atoms with Gasteiger partial charge in [0, 0.05) is 0 Å². The SMILES string of the molecule is O=S(=O)(CCl)NC1(CO)CCCC1. The van der Waals surface area contributed by atoms with Gasteiger partial charge in [-0.2, -0.15) is 0 Å². The van der Waals surface area contributed by atoms with E-state index in [1.165, 1.54) is 0 Å². The predicted molar refractivity (Wildman–Crippen MR) is 51.1 cm³/mol. The summed E-state index contributed by atoms with van der Waals surface area (Å²) < 4.78 is 24.8. The minimum atomic E-state index is -3.42. The van der Waals surface area contributed by atoms with Crippen LogP contribution in [-0.2, 0) is 10.0 Å². The maximum atomic E-state index is 11.2. The molecule has 0 unspecified atom stereocenters. The van der Waals surface area contributed by atoms with Crippen molar-refractivity contribution in [3.05, 3.63) is 0 Å². The summed E-state index contributed by atoms with van der Waals surface area (Å²) in [6.45, 7) is -0.150. The van der Waals surface area contributed by atoms with Crippen molar-refractivity contribution < 1.29 is 13.5 Å². The van der Waals surface area contributed by atoms with Crippen molar-refractivity contribution in [1.29, 1.82) is 0 Å². The number of rotatable bonds is 4. The van der Waals surface area contributed by atoms with Gasteiger partial charge in [0.2, 0.25) is 10.0 Å². The number of alkyl halides is 1. The standard InChI is InChI=1S/C7H14ClNO3S/c8-6-13(11,12)9-7(5-10)3-1-2-4-7/h9-10H,1-6H2. The maximum Gasteiger partial charge on any atom is 0.226 e. The van der Waals surface area contributed by atoms with E-state index in [4.69, 9.17) is 16.7 Å². The molecule has 13 heavy (non-hydrogen) atoms. The Morgan fingerprint density at radius 2 is 1.92 bits per heavy atom. The van der Waals surface area contributed by atoms with Gasteiger partial charge in [0.05, 0.1) is 12.1 Å². The van der Waals surface area contributed by atoms with Crippen LogP contribution in [0.15, 0.2) is 0 Å². The third kappa shape index (κ3) is 2.80. The number of halogens is 1. The highest BCUT2D eigenvalue weighted by Gasteiger charge is 2.36. The summed E-state index contributed by atoms with van der Waals surface area (Å²) in [7, 11) is -3.42. The fourth-order valence-electron chi connectivity index (χ4n) is 1.70. The minimum absolute atomic E-state index is 0.150. The van der Waals surface area contributed by atoms with E-state index >= 15 is 0 Å². The predicted octanol–water partition coefficient (Wildman–Crippen LogP) is 0.407. The smallest absolute Gasteiger partial charge is 0.226 e. The quantitative estimate of drug-likeness (QED) is 0.684. The lowest BCUT2D eigenvalue weighted by molar-refractivity contribution is 0.185. The van der Waals surface area contributed by atoms with Crippen molar-refractivity contribution in [2.75, 3.05) is 11.8 Å². The van der Waals surface area contributed by atoms with Gasteiger partial charge >= 0.3 is 0 Å². The molecule has 0 atom stereocenters. The molecule has 1 rings (SSSR count). The number of sulfonamides is 1. The first-order valence-electron chi connectivity index (χ1n) is 4.22. The Labute approximate surface area is 83.3 Å². The molecule has 0 aliphatic heterocycles. The molecule has 0 aromatic carbocycles. The van der Waals surface area contributed by atoms with Gasteiger partial charge in [-0.05, 0) is 12.8 Å². The van der Waals surface area contributed by atoms with Gasteiger partial charge in [0.1, 0.15) is 5.21 Å². The van der Waals surface area contributed by atoms with Gasteiger partial charge in [-0.15, -0.1) is 11.6 Å². The highest BCUT2D eigenvalue weighted by atomic mass is 35.5. The third-order valence-electron chi connectivity index (χ3n) is 2.38.